The Bertz CT molecular complexity index is 545. The Hall–Kier alpha value is -1.43. The third-order valence-corrected chi connectivity index (χ3v) is 3.08. The number of nitrogens with zero attached hydrogens (tertiary/aromatic N) is 1. The zero-order valence-corrected chi connectivity index (χ0v) is 9.49. The molecule has 1 aromatic carbocycles. The molecule has 90 valence electrons. The first kappa shape index (κ1) is 12.0. The summed E-state index contributed by atoms with van der Waals surface area (Å²) < 4.78 is 51.1. The maximum atomic E-state index is 12.9. The minimum atomic E-state index is -4.59. The monoisotopic (exact) mass is 261 g/mol. The number of hydrogen-bond donors (Lipinski definition) is 0. The van der Waals surface area contributed by atoms with Gasteiger partial charge in [0, 0.05) is 16.6 Å². The van der Waals surface area contributed by atoms with Crippen LogP contribution >= 0.6 is 11.3 Å². The van der Waals surface area contributed by atoms with Crippen LogP contribution in [0.1, 0.15) is 10.4 Å². The Kier molecular flexibility index (Phi) is 2.91. The molecule has 1 heterocycles. The lowest BCUT2D eigenvalue weighted by Gasteiger charge is -2.10. The number of aryl methyl sites for hydroxylation is 1. The molecule has 1 nitrogen and oxygen atoms in total. The molecule has 0 bridgehead atoms. The lowest BCUT2D eigenvalue weighted by molar-refractivity contribution is -0.137. The highest BCUT2D eigenvalue weighted by molar-refractivity contribution is 7.14. The minimum absolute atomic E-state index is 0.0861. The number of benzene rings is 1. The summed E-state index contributed by atoms with van der Waals surface area (Å²) in [5.41, 5.74) is -1.08. The summed E-state index contributed by atoms with van der Waals surface area (Å²) in [4.78, 5) is 4.69. The predicted molar refractivity (Wildman–Crippen MR) is 57.2 cm³/mol. The van der Waals surface area contributed by atoms with Crippen LogP contribution in [-0.4, -0.2) is 4.98 Å². The van der Waals surface area contributed by atoms with Gasteiger partial charge in [-0.15, -0.1) is 11.3 Å². The molecule has 2 aromatic rings. The minimum Gasteiger partial charge on any atom is -0.244 e. The van der Waals surface area contributed by atoms with E-state index in [4.69, 9.17) is 0 Å². The summed E-state index contributed by atoms with van der Waals surface area (Å²) in [5, 5.41) is 0.245. The van der Waals surface area contributed by atoms with E-state index >= 15 is 0 Å². The molecule has 0 unspecified atom stereocenters. The molecule has 17 heavy (non-hydrogen) atoms. The molecule has 0 saturated heterocycles. The molecule has 6 heteroatoms. The molecule has 0 aliphatic heterocycles. The van der Waals surface area contributed by atoms with Gasteiger partial charge in [-0.05, 0) is 25.1 Å². The zero-order chi connectivity index (χ0) is 12.6. The number of rotatable bonds is 1. The van der Waals surface area contributed by atoms with Crippen LogP contribution < -0.4 is 0 Å². The molecule has 1 aromatic heterocycles. The fraction of sp³-hybridized carbons (Fsp3) is 0.182. The van der Waals surface area contributed by atoms with Gasteiger partial charge in [0.1, 0.15) is 10.8 Å². The maximum Gasteiger partial charge on any atom is 0.417 e. The highest BCUT2D eigenvalue weighted by atomic mass is 32.1. The maximum absolute atomic E-state index is 12.9. The van der Waals surface area contributed by atoms with Gasteiger partial charge < -0.3 is 0 Å². The van der Waals surface area contributed by atoms with Crippen molar-refractivity contribution in [1.82, 2.24) is 4.98 Å². The van der Waals surface area contributed by atoms with Crippen LogP contribution in [0.2, 0.25) is 0 Å². The molecule has 0 fully saturated rings. The Morgan fingerprint density at radius 3 is 2.47 bits per heavy atom. The van der Waals surface area contributed by atoms with E-state index in [1.165, 1.54) is 6.20 Å². The summed E-state index contributed by atoms with van der Waals surface area (Å²) in [6, 6.07) is 2.60. The molecule has 0 amide bonds. The van der Waals surface area contributed by atoms with Crippen LogP contribution in [0.5, 0.6) is 0 Å². The summed E-state index contributed by atoms with van der Waals surface area (Å²) in [6.07, 6.45) is -3.10. The number of alkyl halides is 3. The van der Waals surface area contributed by atoms with Gasteiger partial charge in [-0.2, -0.15) is 13.2 Å². The van der Waals surface area contributed by atoms with E-state index in [0.29, 0.717) is 6.07 Å². The third kappa shape index (κ3) is 2.46. The van der Waals surface area contributed by atoms with E-state index in [2.05, 4.69) is 4.98 Å². The molecular formula is C11H7F4NS. The normalized spacial score (nSPS) is 11.8. The summed E-state index contributed by atoms with van der Waals surface area (Å²) >= 11 is 1.14. The second-order valence-electron chi connectivity index (χ2n) is 3.46. The lowest BCUT2D eigenvalue weighted by Crippen LogP contribution is -2.07. The largest absolute Gasteiger partial charge is 0.417 e. The Morgan fingerprint density at radius 1 is 1.24 bits per heavy atom. The molecule has 0 N–H and O–H groups in total. The van der Waals surface area contributed by atoms with Crippen molar-refractivity contribution in [3.8, 4) is 10.6 Å². The fourth-order valence-corrected chi connectivity index (χ4v) is 2.22. The smallest absolute Gasteiger partial charge is 0.244 e. The van der Waals surface area contributed by atoms with Crippen molar-refractivity contribution in [2.45, 2.75) is 13.1 Å². The van der Waals surface area contributed by atoms with Gasteiger partial charge in [0.2, 0.25) is 0 Å². The molecular weight excluding hydrogens is 254 g/mol. The van der Waals surface area contributed by atoms with Crippen LogP contribution in [0.25, 0.3) is 10.6 Å². The fourth-order valence-electron chi connectivity index (χ4n) is 1.42. The standard InChI is InChI=1S/C11H7F4NS/c1-6-5-16-10(17-6)8-3-2-7(12)4-9(8)11(13,14)15/h2-5H,1H3. The Morgan fingerprint density at radius 2 is 1.94 bits per heavy atom. The molecule has 0 saturated carbocycles. The van der Waals surface area contributed by atoms with Crippen LogP contribution in [-0.2, 0) is 6.18 Å². The van der Waals surface area contributed by atoms with Gasteiger partial charge in [0.25, 0.3) is 0 Å². The second kappa shape index (κ2) is 4.10. The van der Waals surface area contributed by atoms with E-state index in [-0.39, 0.29) is 10.6 Å². The van der Waals surface area contributed by atoms with Crippen molar-refractivity contribution in [1.29, 1.82) is 0 Å². The van der Waals surface area contributed by atoms with E-state index < -0.39 is 17.6 Å². The highest BCUT2D eigenvalue weighted by Gasteiger charge is 2.34. The first-order chi connectivity index (χ1) is 7.88. The summed E-state index contributed by atoms with van der Waals surface area (Å²) in [7, 11) is 0. The average Bonchev–Trinajstić information content (AvgIpc) is 2.63. The van der Waals surface area contributed by atoms with Crippen molar-refractivity contribution in [2.75, 3.05) is 0 Å². The predicted octanol–water partition coefficient (Wildman–Crippen LogP) is 4.28. The van der Waals surface area contributed by atoms with Gasteiger partial charge in [-0.1, -0.05) is 0 Å². The number of halogens is 4. The summed E-state index contributed by atoms with van der Waals surface area (Å²) in [5.74, 6) is -0.908. The number of thiazole rings is 1. The molecule has 0 radical (unpaired) electrons. The van der Waals surface area contributed by atoms with Gasteiger partial charge in [-0.3, -0.25) is 0 Å². The molecule has 0 spiro atoms. The number of hydrogen-bond acceptors (Lipinski definition) is 2. The second-order valence-corrected chi connectivity index (χ2v) is 4.70. The van der Waals surface area contributed by atoms with Crippen molar-refractivity contribution < 1.29 is 17.6 Å². The van der Waals surface area contributed by atoms with Crippen molar-refractivity contribution in [3.05, 3.63) is 40.7 Å². The topological polar surface area (TPSA) is 12.9 Å². The first-order valence-corrected chi connectivity index (χ1v) is 5.49. The molecule has 0 atom stereocenters. The Balaban J connectivity index is 2.61. The van der Waals surface area contributed by atoms with Crippen LogP contribution in [0.4, 0.5) is 17.6 Å². The quantitative estimate of drug-likeness (QED) is 0.698. The SMILES string of the molecule is Cc1cnc(-c2ccc(F)cc2C(F)(F)F)s1. The molecule has 0 aliphatic rings. The average molecular weight is 261 g/mol. The van der Waals surface area contributed by atoms with Gasteiger partial charge in [0.15, 0.2) is 0 Å². The van der Waals surface area contributed by atoms with Crippen LogP contribution in [0, 0.1) is 12.7 Å². The molecule has 0 aliphatic carbocycles. The van der Waals surface area contributed by atoms with E-state index in [1.807, 2.05) is 0 Å². The first-order valence-electron chi connectivity index (χ1n) is 4.67. The van der Waals surface area contributed by atoms with Crippen molar-refractivity contribution in [3.63, 3.8) is 0 Å². The summed E-state index contributed by atoms with van der Waals surface area (Å²) in [6.45, 7) is 1.75. The van der Waals surface area contributed by atoms with Crippen molar-refractivity contribution in [2.24, 2.45) is 0 Å². The lowest BCUT2D eigenvalue weighted by atomic mass is 10.1. The van der Waals surface area contributed by atoms with E-state index in [9.17, 15) is 17.6 Å². The van der Waals surface area contributed by atoms with E-state index in [0.717, 1.165) is 28.3 Å². The highest BCUT2D eigenvalue weighted by Crippen LogP contribution is 2.38. The molecule has 2 rings (SSSR count). The Labute approximate surface area is 98.7 Å². The van der Waals surface area contributed by atoms with E-state index in [1.54, 1.807) is 6.92 Å². The number of aromatic nitrogens is 1. The zero-order valence-electron chi connectivity index (χ0n) is 8.68. The van der Waals surface area contributed by atoms with Gasteiger partial charge >= 0.3 is 6.18 Å². The van der Waals surface area contributed by atoms with Crippen LogP contribution in [0.15, 0.2) is 24.4 Å². The van der Waals surface area contributed by atoms with Crippen molar-refractivity contribution >= 4 is 11.3 Å². The van der Waals surface area contributed by atoms with Crippen LogP contribution in [0.3, 0.4) is 0 Å². The third-order valence-electron chi connectivity index (χ3n) is 2.14. The van der Waals surface area contributed by atoms with Gasteiger partial charge in [-0.25, -0.2) is 9.37 Å². The van der Waals surface area contributed by atoms with Gasteiger partial charge in [0.05, 0.1) is 5.56 Å².